The van der Waals surface area contributed by atoms with Crippen molar-refractivity contribution in [2.75, 3.05) is 31.7 Å². The van der Waals surface area contributed by atoms with Gasteiger partial charge in [-0.3, -0.25) is 9.78 Å². The van der Waals surface area contributed by atoms with Crippen LogP contribution >= 0.6 is 0 Å². The zero-order chi connectivity index (χ0) is 19.2. The summed E-state index contributed by atoms with van der Waals surface area (Å²) in [4.78, 5) is 22.0. The maximum atomic E-state index is 12.5. The Morgan fingerprint density at radius 3 is 2.59 bits per heavy atom. The van der Waals surface area contributed by atoms with Gasteiger partial charge >= 0.3 is 0 Å². The summed E-state index contributed by atoms with van der Waals surface area (Å²) in [6.45, 7) is 4.11. The highest BCUT2D eigenvalue weighted by Gasteiger charge is 2.19. The molecule has 142 valence electrons. The standard InChI is InChI=1S/C20H24N4O3/c1-3-27-16-9-8-14(12-17(16)26-2)18-15(13-21)19(25)23-20(22-18)24-10-6-4-5-7-11-24/h8-9,12H,3-7,10-11H2,1-2H3,(H,22,23,25). The van der Waals surface area contributed by atoms with Crippen molar-refractivity contribution in [2.24, 2.45) is 0 Å². The molecule has 7 heteroatoms. The number of nitrogens with one attached hydrogen (secondary N) is 1. The van der Waals surface area contributed by atoms with Gasteiger partial charge in [-0.15, -0.1) is 0 Å². The predicted octanol–water partition coefficient (Wildman–Crippen LogP) is 3.10. The minimum atomic E-state index is -0.422. The van der Waals surface area contributed by atoms with Crippen LogP contribution in [0, 0.1) is 11.3 Å². The third-order valence-corrected chi connectivity index (χ3v) is 4.66. The minimum absolute atomic E-state index is 0.000199. The molecule has 1 aliphatic heterocycles. The highest BCUT2D eigenvalue weighted by molar-refractivity contribution is 5.70. The summed E-state index contributed by atoms with van der Waals surface area (Å²) in [7, 11) is 1.56. The lowest BCUT2D eigenvalue weighted by Gasteiger charge is -2.21. The van der Waals surface area contributed by atoms with Crippen LogP contribution in [0.2, 0.25) is 0 Å². The van der Waals surface area contributed by atoms with Crippen molar-refractivity contribution < 1.29 is 9.47 Å². The van der Waals surface area contributed by atoms with E-state index in [0.717, 1.165) is 25.9 Å². The first-order chi connectivity index (χ1) is 13.2. The van der Waals surface area contributed by atoms with Crippen molar-refractivity contribution in [3.63, 3.8) is 0 Å². The van der Waals surface area contributed by atoms with E-state index >= 15 is 0 Å². The summed E-state index contributed by atoms with van der Waals surface area (Å²) in [6, 6.07) is 7.30. The Hall–Kier alpha value is -3.01. The third-order valence-electron chi connectivity index (χ3n) is 4.66. The number of anilines is 1. The molecule has 0 aliphatic carbocycles. The topological polar surface area (TPSA) is 91.2 Å². The van der Waals surface area contributed by atoms with Crippen LogP contribution in [-0.2, 0) is 0 Å². The van der Waals surface area contributed by atoms with E-state index < -0.39 is 5.56 Å². The Labute approximate surface area is 158 Å². The summed E-state index contributed by atoms with van der Waals surface area (Å²) in [5.41, 5.74) is 0.588. The lowest BCUT2D eigenvalue weighted by molar-refractivity contribution is 0.311. The number of ether oxygens (including phenoxy) is 2. The first-order valence-electron chi connectivity index (χ1n) is 9.28. The Kier molecular flexibility index (Phi) is 5.97. The van der Waals surface area contributed by atoms with Gasteiger partial charge in [-0.2, -0.15) is 5.26 Å². The molecule has 1 aromatic heterocycles. The molecule has 1 fully saturated rings. The van der Waals surface area contributed by atoms with Gasteiger partial charge < -0.3 is 14.4 Å². The first kappa shape index (κ1) is 18.8. The molecule has 27 heavy (non-hydrogen) atoms. The van der Waals surface area contributed by atoms with Gasteiger partial charge in [0.25, 0.3) is 5.56 Å². The van der Waals surface area contributed by atoms with E-state index in [1.54, 1.807) is 25.3 Å². The van der Waals surface area contributed by atoms with Crippen molar-refractivity contribution in [1.82, 2.24) is 9.97 Å². The Morgan fingerprint density at radius 2 is 1.96 bits per heavy atom. The fourth-order valence-corrected chi connectivity index (χ4v) is 3.30. The molecule has 0 saturated carbocycles. The molecule has 0 atom stereocenters. The van der Waals surface area contributed by atoms with Crippen LogP contribution in [0.3, 0.4) is 0 Å². The number of hydrogen-bond acceptors (Lipinski definition) is 6. The highest BCUT2D eigenvalue weighted by atomic mass is 16.5. The van der Waals surface area contributed by atoms with Crippen LogP contribution in [0.4, 0.5) is 5.95 Å². The zero-order valence-corrected chi connectivity index (χ0v) is 15.7. The van der Waals surface area contributed by atoms with Crippen molar-refractivity contribution in [2.45, 2.75) is 32.6 Å². The molecule has 3 rings (SSSR count). The lowest BCUT2D eigenvalue weighted by atomic mass is 10.1. The van der Waals surface area contributed by atoms with E-state index in [9.17, 15) is 10.1 Å². The fourth-order valence-electron chi connectivity index (χ4n) is 3.30. The van der Waals surface area contributed by atoms with Crippen molar-refractivity contribution in [1.29, 1.82) is 5.26 Å². The average Bonchev–Trinajstić information content (AvgIpc) is 2.97. The van der Waals surface area contributed by atoms with Crippen LogP contribution in [0.1, 0.15) is 38.2 Å². The average molecular weight is 368 g/mol. The third kappa shape index (κ3) is 4.05. The summed E-state index contributed by atoms with van der Waals surface area (Å²) >= 11 is 0. The van der Waals surface area contributed by atoms with E-state index in [1.807, 2.05) is 13.0 Å². The van der Waals surface area contributed by atoms with Crippen LogP contribution in [0.5, 0.6) is 11.5 Å². The first-order valence-corrected chi connectivity index (χ1v) is 9.28. The largest absolute Gasteiger partial charge is 0.493 e. The number of nitrogens with zero attached hydrogens (tertiary/aromatic N) is 3. The molecule has 0 radical (unpaired) electrons. The molecular weight excluding hydrogens is 344 g/mol. The second kappa shape index (κ2) is 8.58. The van der Waals surface area contributed by atoms with E-state index in [0.29, 0.717) is 35.3 Å². The number of methoxy groups -OCH3 is 1. The molecule has 0 amide bonds. The Balaban J connectivity index is 2.08. The molecule has 1 aromatic carbocycles. The zero-order valence-electron chi connectivity index (χ0n) is 15.7. The maximum Gasteiger partial charge on any atom is 0.270 e. The SMILES string of the molecule is CCOc1ccc(-c2nc(N3CCCCCC3)[nH]c(=O)c2C#N)cc1OC. The highest BCUT2D eigenvalue weighted by Crippen LogP contribution is 2.33. The summed E-state index contributed by atoms with van der Waals surface area (Å²) < 4.78 is 10.9. The monoisotopic (exact) mass is 368 g/mol. The van der Waals surface area contributed by atoms with Crippen molar-refractivity contribution in [3.8, 4) is 28.8 Å². The number of aromatic amines is 1. The molecule has 1 N–H and O–H groups in total. The quantitative estimate of drug-likeness (QED) is 0.872. The molecule has 0 unspecified atom stereocenters. The normalized spacial score (nSPS) is 14.3. The van der Waals surface area contributed by atoms with Gasteiger partial charge in [0.05, 0.1) is 19.4 Å². The lowest BCUT2D eigenvalue weighted by Crippen LogP contribution is -2.29. The molecule has 1 aliphatic rings. The molecule has 0 bridgehead atoms. The molecule has 2 aromatic rings. The van der Waals surface area contributed by atoms with E-state index in [2.05, 4.69) is 14.9 Å². The number of aromatic nitrogens is 2. The van der Waals surface area contributed by atoms with Crippen molar-refractivity contribution in [3.05, 3.63) is 34.1 Å². The van der Waals surface area contributed by atoms with Gasteiger partial charge in [0.1, 0.15) is 11.6 Å². The number of hydrogen-bond donors (Lipinski definition) is 1. The maximum absolute atomic E-state index is 12.5. The van der Waals surface area contributed by atoms with E-state index in [4.69, 9.17) is 9.47 Å². The van der Waals surface area contributed by atoms with E-state index in [-0.39, 0.29) is 5.56 Å². The Bertz CT molecular complexity index is 893. The second-order valence-corrected chi connectivity index (χ2v) is 6.42. The smallest absolute Gasteiger partial charge is 0.270 e. The number of rotatable bonds is 5. The number of H-pyrrole nitrogens is 1. The predicted molar refractivity (Wildman–Crippen MR) is 103 cm³/mol. The molecular formula is C20H24N4O3. The van der Waals surface area contributed by atoms with Crippen LogP contribution in [0.15, 0.2) is 23.0 Å². The summed E-state index contributed by atoms with van der Waals surface area (Å²) in [5.74, 6) is 1.67. The molecule has 7 nitrogen and oxygen atoms in total. The molecule has 2 heterocycles. The van der Waals surface area contributed by atoms with Gasteiger partial charge in [0.2, 0.25) is 5.95 Å². The minimum Gasteiger partial charge on any atom is -0.493 e. The molecule has 0 spiro atoms. The van der Waals surface area contributed by atoms with Gasteiger partial charge in [0, 0.05) is 18.7 Å². The van der Waals surface area contributed by atoms with Gasteiger partial charge in [-0.05, 0) is 38.0 Å². The molecule has 1 saturated heterocycles. The summed E-state index contributed by atoms with van der Waals surface area (Å²) in [5, 5.41) is 9.49. The van der Waals surface area contributed by atoms with Gasteiger partial charge in [-0.25, -0.2) is 4.98 Å². The number of nitriles is 1. The number of benzene rings is 1. The second-order valence-electron chi connectivity index (χ2n) is 6.42. The van der Waals surface area contributed by atoms with Gasteiger partial charge in [-0.1, -0.05) is 12.8 Å². The fraction of sp³-hybridized carbons (Fsp3) is 0.450. The van der Waals surface area contributed by atoms with Crippen LogP contribution in [-0.4, -0.2) is 36.8 Å². The summed E-state index contributed by atoms with van der Waals surface area (Å²) in [6.07, 6.45) is 4.49. The van der Waals surface area contributed by atoms with Crippen molar-refractivity contribution >= 4 is 5.95 Å². The Morgan fingerprint density at radius 1 is 1.22 bits per heavy atom. The van der Waals surface area contributed by atoms with Gasteiger partial charge in [0.15, 0.2) is 11.5 Å². The van der Waals surface area contributed by atoms with Crippen LogP contribution in [0.25, 0.3) is 11.3 Å². The van der Waals surface area contributed by atoms with E-state index in [1.165, 1.54) is 12.8 Å². The van der Waals surface area contributed by atoms with Crippen LogP contribution < -0.4 is 19.9 Å².